The molecular formula is C13H9BrO2S. The fraction of sp³-hybridized carbons (Fsp3) is 0.154. The number of Topliss-reactive ketones (excluding diaryl/α,β-unsaturated/α-hetero) is 1. The Balaban J connectivity index is 2.00. The predicted molar refractivity (Wildman–Crippen MR) is 70.8 cm³/mol. The topological polar surface area (TPSA) is 26.3 Å². The monoisotopic (exact) mass is 308 g/mol. The van der Waals surface area contributed by atoms with E-state index in [1.807, 2.05) is 35.0 Å². The first-order valence-electron chi connectivity index (χ1n) is 5.25. The van der Waals surface area contributed by atoms with Crippen molar-refractivity contribution in [1.29, 1.82) is 0 Å². The maximum atomic E-state index is 12.0. The van der Waals surface area contributed by atoms with Crippen molar-refractivity contribution in [2.75, 3.05) is 0 Å². The van der Waals surface area contributed by atoms with E-state index in [4.69, 9.17) is 4.74 Å². The van der Waals surface area contributed by atoms with Gasteiger partial charge in [0.25, 0.3) is 0 Å². The van der Waals surface area contributed by atoms with Crippen LogP contribution in [0.1, 0.15) is 28.4 Å². The molecule has 4 heteroatoms. The van der Waals surface area contributed by atoms with Crippen molar-refractivity contribution < 1.29 is 9.53 Å². The molecule has 3 rings (SSSR count). The normalized spacial score (nSPS) is 18.6. The lowest BCUT2D eigenvalue weighted by atomic mass is 9.98. The first kappa shape index (κ1) is 11.0. The molecule has 1 aromatic heterocycles. The van der Waals surface area contributed by atoms with E-state index in [9.17, 15) is 4.79 Å². The highest BCUT2D eigenvalue weighted by molar-refractivity contribution is 9.10. The molecule has 0 radical (unpaired) electrons. The summed E-state index contributed by atoms with van der Waals surface area (Å²) in [6.45, 7) is 0. The second-order valence-corrected chi connectivity index (χ2v) is 5.63. The maximum Gasteiger partial charge on any atom is 0.170 e. The van der Waals surface area contributed by atoms with Crippen molar-refractivity contribution in [2.24, 2.45) is 0 Å². The van der Waals surface area contributed by atoms with Crippen LogP contribution in [0.2, 0.25) is 0 Å². The van der Waals surface area contributed by atoms with Crippen LogP contribution in [0.4, 0.5) is 0 Å². The van der Waals surface area contributed by atoms with Crippen molar-refractivity contribution in [3.8, 4) is 5.75 Å². The lowest BCUT2D eigenvalue weighted by Crippen LogP contribution is -2.19. The molecule has 0 amide bonds. The number of benzene rings is 1. The zero-order valence-electron chi connectivity index (χ0n) is 8.85. The summed E-state index contributed by atoms with van der Waals surface area (Å²) in [6.07, 6.45) is 0.279. The minimum Gasteiger partial charge on any atom is -0.484 e. The Morgan fingerprint density at radius 2 is 2.24 bits per heavy atom. The quantitative estimate of drug-likeness (QED) is 0.788. The standard InChI is InChI=1S/C13H9BrO2S/c14-9-1-2-10-11(15)6-12(16-13(10)5-9)8-3-4-17-7-8/h1-5,7,12H,6H2. The van der Waals surface area contributed by atoms with Crippen LogP contribution in [0, 0.1) is 0 Å². The van der Waals surface area contributed by atoms with Gasteiger partial charge in [0.05, 0.1) is 12.0 Å². The number of thiophene rings is 1. The Kier molecular flexibility index (Phi) is 2.76. The summed E-state index contributed by atoms with van der Waals surface area (Å²) in [5.41, 5.74) is 1.76. The Hall–Kier alpha value is -1.13. The van der Waals surface area contributed by atoms with Gasteiger partial charge >= 0.3 is 0 Å². The van der Waals surface area contributed by atoms with E-state index in [2.05, 4.69) is 15.9 Å². The highest BCUT2D eigenvalue weighted by Crippen LogP contribution is 2.36. The molecule has 0 fully saturated rings. The van der Waals surface area contributed by atoms with Gasteiger partial charge in [-0.15, -0.1) is 0 Å². The smallest absolute Gasteiger partial charge is 0.170 e. The molecule has 1 aliphatic heterocycles. The van der Waals surface area contributed by atoms with E-state index in [1.54, 1.807) is 11.3 Å². The van der Waals surface area contributed by atoms with Crippen LogP contribution in [-0.2, 0) is 0 Å². The van der Waals surface area contributed by atoms with Gasteiger partial charge in [-0.3, -0.25) is 4.79 Å². The van der Waals surface area contributed by atoms with Crippen LogP contribution in [-0.4, -0.2) is 5.78 Å². The number of hydrogen-bond donors (Lipinski definition) is 0. The minimum absolute atomic E-state index is 0.143. The van der Waals surface area contributed by atoms with Crippen LogP contribution in [0.5, 0.6) is 5.75 Å². The zero-order chi connectivity index (χ0) is 11.8. The van der Waals surface area contributed by atoms with Gasteiger partial charge in [-0.25, -0.2) is 0 Å². The molecule has 1 aromatic carbocycles. The number of fused-ring (bicyclic) bond motifs is 1. The van der Waals surface area contributed by atoms with E-state index >= 15 is 0 Å². The van der Waals surface area contributed by atoms with Crippen molar-refractivity contribution in [3.63, 3.8) is 0 Å². The molecule has 2 heterocycles. The fourth-order valence-electron chi connectivity index (χ4n) is 1.94. The number of carbonyl (C=O) groups excluding carboxylic acids is 1. The minimum atomic E-state index is -0.143. The van der Waals surface area contributed by atoms with E-state index in [0.29, 0.717) is 17.7 Å². The average Bonchev–Trinajstić information content (AvgIpc) is 2.81. The molecule has 86 valence electrons. The number of ketones is 1. The van der Waals surface area contributed by atoms with E-state index in [1.165, 1.54) is 0 Å². The number of rotatable bonds is 1. The highest BCUT2D eigenvalue weighted by Gasteiger charge is 2.27. The number of hydrogen-bond acceptors (Lipinski definition) is 3. The van der Waals surface area contributed by atoms with Crippen LogP contribution in [0.25, 0.3) is 0 Å². The molecule has 1 aliphatic rings. The molecule has 0 N–H and O–H groups in total. The van der Waals surface area contributed by atoms with Crippen LogP contribution >= 0.6 is 27.3 Å². The first-order valence-corrected chi connectivity index (χ1v) is 6.99. The molecule has 2 nitrogen and oxygen atoms in total. The Morgan fingerprint density at radius 3 is 3.00 bits per heavy atom. The van der Waals surface area contributed by atoms with Gasteiger partial charge in [0.1, 0.15) is 11.9 Å². The molecule has 0 aliphatic carbocycles. The summed E-state index contributed by atoms with van der Waals surface area (Å²) in [5, 5.41) is 4.03. The summed E-state index contributed by atoms with van der Waals surface area (Å²) in [7, 11) is 0. The number of carbonyl (C=O) groups is 1. The van der Waals surface area contributed by atoms with E-state index in [0.717, 1.165) is 10.0 Å². The molecule has 1 unspecified atom stereocenters. The van der Waals surface area contributed by atoms with Gasteiger partial charge in [0.2, 0.25) is 0 Å². The highest BCUT2D eigenvalue weighted by atomic mass is 79.9. The summed E-state index contributed by atoms with van der Waals surface area (Å²) >= 11 is 5.01. The second kappa shape index (κ2) is 4.27. The van der Waals surface area contributed by atoms with Gasteiger partial charge < -0.3 is 4.74 Å². The van der Waals surface area contributed by atoms with Crippen molar-refractivity contribution >= 4 is 33.0 Å². The predicted octanol–water partition coefficient (Wildman–Crippen LogP) is 4.22. The third-order valence-corrected chi connectivity index (χ3v) is 3.99. The Bertz CT molecular complexity index is 563. The van der Waals surface area contributed by atoms with E-state index < -0.39 is 0 Å². The van der Waals surface area contributed by atoms with Gasteiger partial charge in [0.15, 0.2) is 5.78 Å². The molecule has 0 bridgehead atoms. The third kappa shape index (κ3) is 2.03. The largest absolute Gasteiger partial charge is 0.484 e. The Labute approximate surface area is 111 Å². The molecule has 17 heavy (non-hydrogen) atoms. The third-order valence-electron chi connectivity index (χ3n) is 2.80. The molecule has 1 atom stereocenters. The molecule has 0 saturated carbocycles. The first-order chi connectivity index (χ1) is 8.24. The summed E-state index contributed by atoms with van der Waals surface area (Å²) in [4.78, 5) is 12.0. The lowest BCUT2D eigenvalue weighted by Gasteiger charge is -2.24. The maximum absolute atomic E-state index is 12.0. The van der Waals surface area contributed by atoms with Gasteiger partial charge in [0, 0.05) is 10.0 Å². The average molecular weight is 309 g/mol. The summed E-state index contributed by atoms with van der Waals surface area (Å²) < 4.78 is 6.81. The fourth-order valence-corrected chi connectivity index (χ4v) is 2.98. The summed E-state index contributed by atoms with van der Waals surface area (Å²) in [6, 6.07) is 7.54. The van der Waals surface area contributed by atoms with Crippen molar-refractivity contribution in [3.05, 3.63) is 50.6 Å². The Morgan fingerprint density at radius 1 is 1.35 bits per heavy atom. The van der Waals surface area contributed by atoms with Crippen LogP contribution < -0.4 is 4.74 Å². The lowest BCUT2D eigenvalue weighted by molar-refractivity contribution is 0.0850. The number of halogens is 1. The number of ether oxygens (including phenoxy) is 1. The molecule has 0 saturated heterocycles. The zero-order valence-corrected chi connectivity index (χ0v) is 11.3. The molecule has 0 spiro atoms. The second-order valence-electron chi connectivity index (χ2n) is 3.93. The van der Waals surface area contributed by atoms with Crippen molar-refractivity contribution in [1.82, 2.24) is 0 Å². The van der Waals surface area contributed by atoms with Crippen LogP contribution in [0.15, 0.2) is 39.5 Å². The summed E-state index contributed by atoms with van der Waals surface area (Å²) in [5.74, 6) is 0.821. The molecule has 2 aromatic rings. The SMILES string of the molecule is O=C1CC(c2ccsc2)Oc2cc(Br)ccc21. The van der Waals surface area contributed by atoms with E-state index in [-0.39, 0.29) is 11.9 Å². The van der Waals surface area contributed by atoms with Gasteiger partial charge in [-0.2, -0.15) is 11.3 Å². The molecular weight excluding hydrogens is 300 g/mol. The van der Waals surface area contributed by atoms with Crippen molar-refractivity contribution in [2.45, 2.75) is 12.5 Å². The van der Waals surface area contributed by atoms with Gasteiger partial charge in [-0.05, 0) is 35.0 Å². The van der Waals surface area contributed by atoms with Gasteiger partial charge in [-0.1, -0.05) is 15.9 Å². The van der Waals surface area contributed by atoms with Crippen LogP contribution in [0.3, 0.4) is 0 Å².